The smallest absolute Gasteiger partial charge is 0.220 e. The van der Waals surface area contributed by atoms with Crippen LogP contribution in [0.3, 0.4) is 0 Å². The number of nitrogens with zero attached hydrogens (tertiary/aromatic N) is 1. The molecule has 1 aliphatic heterocycles. The molecule has 0 N–H and O–H groups in total. The van der Waals surface area contributed by atoms with Crippen LogP contribution in [-0.4, -0.2) is 22.9 Å². The van der Waals surface area contributed by atoms with E-state index in [2.05, 4.69) is 26.2 Å². The molecule has 2 nitrogen and oxygen atoms in total. The summed E-state index contributed by atoms with van der Waals surface area (Å²) in [5, 5.41) is 0. The largest absolute Gasteiger partial charge is 0.333 e. The Morgan fingerprint density at radius 2 is 2.12 bits per heavy atom. The van der Waals surface area contributed by atoms with Crippen LogP contribution < -0.4 is 0 Å². The predicted octanol–water partition coefficient (Wildman–Crippen LogP) is 3.07. The van der Waals surface area contributed by atoms with Gasteiger partial charge in [-0.1, -0.05) is 23.8 Å². The molecule has 0 bridgehead atoms. The van der Waals surface area contributed by atoms with Crippen molar-refractivity contribution in [3.63, 3.8) is 0 Å². The second-order valence-corrected chi connectivity index (χ2v) is 4.41. The summed E-state index contributed by atoms with van der Waals surface area (Å²) < 4.78 is 0. The molecular formula is C14H21NO. The normalized spacial score (nSPS) is 24.9. The predicted molar refractivity (Wildman–Crippen MR) is 68.1 cm³/mol. The van der Waals surface area contributed by atoms with E-state index >= 15 is 0 Å². The summed E-state index contributed by atoms with van der Waals surface area (Å²) >= 11 is 0. The van der Waals surface area contributed by atoms with E-state index in [-0.39, 0.29) is 18.0 Å². The van der Waals surface area contributed by atoms with Crippen LogP contribution in [0.4, 0.5) is 0 Å². The van der Waals surface area contributed by atoms with Crippen molar-refractivity contribution in [3.8, 4) is 0 Å². The minimum absolute atomic E-state index is 0.141. The molecule has 0 aromatic heterocycles. The lowest BCUT2D eigenvalue weighted by Gasteiger charge is -2.39. The van der Waals surface area contributed by atoms with Gasteiger partial charge in [0.1, 0.15) is 0 Å². The maximum atomic E-state index is 11.7. The highest BCUT2D eigenvalue weighted by Crippen LogP contribution is 2.26. The highest BCUT2D eigenvalue weighted by molar-refractivity contribution is 5.74. The topological polar surface area (TPSA) is 20.3 Å². The van der Waals surface area contributed by atoms with Gasteiger partial charge in [-0.15, -0.1) is 13.2 Å². The number of carbonyl (C=O) groups excluding carboxylic acids is 1. The van der Waals surface area contributed by atoms with Crippen LogP contribution in [0.2, 0.25) is 0 Å². The molecule has 0 radical (unpaired) electrons. The van der Waals surface area contributed by atoms with Crippen molar-refractivity contribution in [2.45, 2.75) is 45.2 Å². The van der Waals surface area contributed by atoms with Crippen molar-refractivity contribution in [2.75, 3.05) is 0 Å². The summed E-state index contributed by atoms with van der Waals surface area (Å²) in [6, 6.07) is 0.443. The number of carbonyl (C=O) groups is 1. The van der Waals surface area contributed by atoms with Gasteiger partial charge in [-0.2, -0.15) is 0 Å². The fourth-order valence-electron chi connectivity index (χ4n) is 2.45. The van der Waals surface area contributed by atoms with Crippen LogP contribution in [0, 0.1) is 0 Å². The van der Waals surface area contributed by atoms with Crippen molar-refractivity contribution in [3.05, 3.63) is 37.0 Å². The monoisotopic (exact) mass is 219 g/mol. The number of amides is 1. The lowest BCUT2D eigenvalue weighted by atomic mass is 9.92. The Kier molecular flexibility index (Phi) is 4.53. The Bertz CT molecular complexity index is 317. The van der Waals surface area contributed by atoms with Crippen molar-refractivity contribution in [1.29, 1.82) is 0 Å². The van der Waals surface area contributed by atoms with Crippen molar-refractivity contribution >= 4 is 5.91 Å². The molecule has 0 aromatic rings. The maximum Gasteiger partial charge on any atom is 0.220 e. The van der Waals surface area contributed by atoms with Crippen molar-refractivity contribution in [1.82, 2.24) is 4.90 Å². The molecular weight excluding hydrogens is 198 g/mol. The lowest BCUT2D eigenvalue weighted by molar-refractivity contribution is -0.133. The fraction of sp³-hybridized carbons (Fsp3) is 0.500. The minimum atomic E-state index is 0.141. The summed E-state index contributed by atoms with van der Waals surface area (Å²) in [5.41, 5.74) is 1.36. The van der Waals surface area contributed by atoms with Crippen LogP contribution in [0.1, 0.15) is 33.1 Å². The first-order chi connectivity index (χ1) is 7.60. The molecule has 0 aliphatic carbocycles. The molecule has 16 heavy (non-hydrogen) atoms. The molecule has 0 spiro atoms. The van der Waals surface area contributed by atoms with Gasteiger partial charge in [0.05, 0.1) is 6.04 Å². The third kappa shape index (κ3) is 2.84. The Labute approximate surface area is 98.3 Å². The molecule has 2 heteroatoms. The molecule has 0 unspecified atom stereocenters. The summed E-state index contributed by atoms with van der Waals surface area (Å²) in [6.45, 7) is 11.3. The summed E-state index contributed by atoms with van der Waals surface area (Å²) in [4.78, 5) is 13.7. The Morgan fingerprint density at radius 1 is 1.50 bits per heavy atom. The Morgan fingerprint density at radius 3 is 2.62 bits per heavy atom. The van der Waals surface area contributed by atoms with E-state index in [0.29, 0.717) is 0 Å². The van der Waals surface area contributed by atoms with Crippen LogP contribution in [-0.2, 0) is 4.79 Å². The van der Waals surface area contributed by atoms with Gasteiger partial charge in [-0.25, -0.2) is 0 Å². The first-order valence-electron chi connectivity index (χ1n) is 5.78. The van der Waals surface area contributed by atoms with E-state index in [9.17, 15) is 4.79 Å². The Hall–Kier alpha value is -1.31. The van der Waals surface area contributed by atoms with Crippen molar-refractivity contribution < 1.29 is 4.79 Å². The molecule has 0 aromatic carbocycles. The summed E-state index contributed by atoms with van der Waals surface area (Å²) in [6.07, 6.45) is 8.59. The molecule has 1 heterocycles. The third-order valence-corrected chi connectivity index (χ3v) is 3.00. The molecule has 1 aliphatic rings. The van der Waals surface area contributed by atoms with Gasteiger partial charge in [-0.3, -0.25) is 4.79 Å². The molecule has 88 valence electrons. The van der Waals surface area contributed by atoms with Gasteiger partial charge in [0.15, 0.2) is 0 Å². The van der Waals surface area contributed by atoms with Gasteiger partial charge in [0.2, 0.25) is 5.91 Å². The fourth-order valence-corrected chi connectivity index (χ4v) is 2.45. The zero-order chi connectivity index (χ0) is 12.1. The second kappa shape index (κ2) is 5.69. The quantitative estimate of drug-likeness (QED) is 0.665. The van der Waals surface area contributed by atoms with E-state index < -0.39 is 0 Å². The first-order valence-corrected chi connectivity index (χ1v) is 5.78. The number of hydrogen-bond donors (Lipinski definition) is 0. The van der Waals surface area contributed by atoms with E-state index in [0.717, 1.165) is 19.3 Å². The summed E-state index contributed by atoms with van der Waals surface area (Å²) in [5.74, 6) is 0.141. The van der Waals surface area contributed by atoms with Gasteiger partial charge < -0.3 is 4.90 Å². The lowest BCUT2D eigenvalue weighted by Crippen LogP contribution is -2.47. The zero-order valence-electron chi connectivity index (χ0n) is 10.3. The van der Waals surface area contributed by atoms with Gasteiger partial charge in [0.25, 0.3) is 0 Å². The van der Waals surface area contributed by atoms with Gasteiger partial charge in [0, 0.05) is 13.0 Å². The average molecular weight is 219 g/mol. The van der Waals surface area contributed by atoms with Gasteiger partial charge in [-0.05, 0) is 26.2 Å². The van der Waals surface area contributed by atoms with Crippen molar-refractivity contribution in [2.24, 2.45) is 0 Å². The van der Waals surface area contributed by atoms with E-state index in [4.69, 9.17) is 0 Å². The maximum absolute atomic E-state index is 11.7. The molecule has 1 amide bonds. The highest BCUT2D eigenvalue weighted by Gasteiger charge is 2.29. The van der Waals surface area contributed by atoms with Gasteiger partial charge >= 0.3 is 0 Å². The molecule has 0 saturated carbocycles. The average Bonchev–Trinajstić information content (AvgIpc) is 2.17. The Balaban J connectivity index is 2.94. The second-order valence-electron chi connectivity index (χ2n) is 4.41. The number of hydrogen-bond acceptors (Lipinski definition) is 1. The summed E-state index contributed by atoms with van der Waals surface area (Å²) in [7, 11) is 0. The van der Waals surface area contributed by atoms with E-state index in [1.807, 2.05) is 17.1 Å². The molecule has 0 saturated heterocycles. The molecule has 1 rings (SSSR count). The highest BCUT2D eigenvalue weighted by atomic mass is 16.2. The standard InChI is InChI=1S/C14H21NO/c1-5-7-13-9-11(3)10-14(8-6-2)15(13)12(4)16/h5-6,9,13-14H,1-2,7-8,10H2,3-4H3/t13-,14-/m1/s1. The number of rotatable bonds is 4. The van der Waals surface area contributed by atoms with E-state index in [1.165, 1.54) is 5.57 Å². The molecule has 0 fully saturated rings. The first kappa shape index (κ1) is 12.8. The SMILES string of the molecule is C=CC[C@@H]1CC(C)=C[C@@H](CC=C)N1C(C)=O. The zero-order valence-corrected chi connectivity index (χ0v) is 10.3. The minimum Gasteiger partial charge on any atom is -0.333 e. The van der Waals surface area contributed by atoms with Crippen LogP contribution in [0.15, 0.2) is 37.0 Å². The van der Waals surface area contributed by atoms with Crippen LogP contribution in [0.25, 0.3) is 0 Å². The third-order valence-electron chi connectivity index (χ3n) is 3.00. The van der Waals surface area contributed by atoms with Crippen LogP contribution in [0.5, 0.6) is 0 Å². The van der Waals surface area contributed by atoms with E-state index in [1.54, 1.807) is 6.92 Å². The molecule has 2 atom stereocenters. The van der Waals surface area contributed by atoms with Crippen LogP contribution >= 0.6 is 0 Å².